The van der Waals surface area contributed by atoms with Crippen LogP contribution in [0.15, 0.2) is 86.5 Å². The molecule has 1 atom stereocenters. The van der Waals surface area contributed by atoms with Gasteiger partial charge in [-0.15, -0.1) is 10.2 Å². The van der Waals surface area contributed by atoms with Gasteiger partial charge in [-0.1, -0.05) is 64.5 Å². The predicted octanol–water partition coefficient (Wildman–Crippen LogP) is 4.49. The second kappa shape index (κ2) is 11.3. The topological polar surface area (TPSA) is 152 Å². The summed E-state index contributed by atoms with van der Waals surface area (Å²) in [6.07, 6.45) is -1.08. The van der Waals surface area contributed by atoms with Crippen LogP contribution in [0.1, 0.15) is 0 Å². The van der Waals surface area contributed by atoms with Crippen molar-refractivity contribution in [3.05, 3.63) is 87.6 Å². The number of nitrogens with one attached hydrogen (secondary N) is 1. The number of azo groups is 1. The molecule has 0 saturated heterocycles. The molecule has 3 N–H and O–H groups in total. The summed E-state index contributed by atoms with van der Waals surface area (Å²) in [5, 5.41) is 33.9. The Labute approximate surface area is 246 Å². The van der Waals surface area contributed by atoms with E-state index in [9.17, 15) is 19.8 Å². The molecule has 12 nitrogen and oxygen atoms in total. The second-order valence-electron chi connectivity index (χ2n) is 9.72. The van der Waals surface area contributed by atoms with E-state index >= 15 is 0 Å². The van der Waals surface area contributed by atoms with Crippen LogP contribution in [0.25, 0.3) is 32.8 Å². The third kappa shape index (κ3) is 4.97. The molecule has 0 fully saturated rings. The standard InChI is InChI=1S/C29H26BrN7O5/c1-35-25-24(26(39)32-29(35)41)37(15-19(38)16-42-20-11-10-17-6-2-3-7-18(17)14-20)28(31-25)34-33-23-21-8-4-5-9-22(21)36(13-12-30)27(23)40/h2-11,14,19,38,40H,12-13,15-16H2,1H3,(H,32,39,41)/t19-/m1/s1. The maximum absolute atomic E-state index is 12.9. The van der Waals surface area contributed by atoms with E-state index in [2.05, 4.69) is 36.1 Å². The number of aromatic hydroxyl groups is 1. The fourth-order valence-corrected chi connectivity index (χ4v) is 5.32. The van der Waals surface area contributed by atoms with Gasteiger partial charge in [0.25, 0.3) is 11.5 Å². The van der Waals surface area contributed by atoms with E-state index in [4.69, 9.17) is 4.74 Å². The monoisotopic (exact) mass is 631 g/mol. The Balaban J connectivity index is 1.36. The summed E-state index contributed by atoms with van der Waals surface area (Å²) in [7, 11) is 1.47. The minimum absolute atomic E-state index is 0.0295. The predicted molar refractivity (Wildman–Crippen MR) is 163 cm³/mol. The van der Waals surface area contributed by atoms with Crippen LogP contribution in [0, 0.1) is 0 Å². The van der Waals surface area contributed by atoms with Gasteiger partial charge >= 0.3 is 5.69 Å². The van der Waals surface area contributed by atoms with E-state index < -0.39 is 17.4 Å². The number of aromatic nitrogens is 5. The molecule has 0 aliphatic carbocycles. The molecule has 3 heterocycles. The SMILES string of the molecule is Cn1c(=O)[nH]c(=O)c2c1nc(N=Nc1c(O)n(CCBr)c3ccccc13)n2C[C@@H](O)COc1ccc2ccccc2c1. The summed E-state index contributed by atoms with van der Waals surface area (Å²) in [5.74, 6) is 0.480. The average molecular weight is 632 g/mol. The van der Waals surface area contributed by atoms with E-state index in [0.717, 1.165) is 16.3 Å². The van der Waals surface area contributed by atoms with Crippen LogP contribution in [-0.4, -0.2) is 51.9 Å². The number of hydrogen-bond donors (Lipinski definition) is 3. The zero-order chi connectivity index (χ0) is 29.4. The van der Waals surface area contributed by atoms with Gasteiger partial charge in [0.05, 0.1) is 12.1 Å². The second-order valence-corrected chi connectivity index (χ2v) is 10.5. The fourth-order valence-electron chi connectivity index (χ4n) is 4.96. The summed E-state index contributed by atoms with van der Waals surface area (Å²) in [5.41, 5.74) is -0.198. The Morgan fingerprint density at radius 1 is 1.02 bits per heavy atom. The molecular formula is C29H26BrN7O5. The van der Waals surface area contributed by atoms with Crippen molar-refractivity contribution in [3.8, 4) is 11.6 Å². The quantitative estimate of drug-likeness (QED) is 0.158. The van der Waals surface area contributed by atoms with Gasteiger partial charge in [0, 0.05) is 24.3 Å². The number of aryl methyl sites for hydroxylation is 2. The van der Waals surface area contributed by atoms with Crippen molar-refractivity contribution < 1.29 is 14.9 Å². The average Bonchev–Trinajstić information content (AvgIpc) is 3.48. The van der Waals surface area contributed by atoms with Gasteiger partial charge in [-0.25, -0.2) is 4.79 Å². The third-order valence-electron chi connectivity index (χ3n) is 7.01. The van der Waals surface area contributed by atoms with Gasteiger partial charge in [0.1, 0.15) is 18.5 Å². The number of alkyl halides is 1. The maximum Gasteiger partial charge on any atom is 0.329 e. The number of aliphatic hydroxyl groups excluding tert-OH is 1. The Bertz CT molecular complexity index is 2090. The van der Waals surface area contributed by atoms with Crippen LogP contribution in [-0.2, 0) is 20.1 Å². The minimum Gasteiger partial charge on any atom is -0.493 e. The minimum atomic E-state index is -1.08. The molecule has 214 valence electrons. The summed E-state index contributed by atoms with van der Waals surface area (Å²) < 4.78 is 10.1. The van der Waals surface area contributed by atoms with Crippen molar-refractivity contribution in [1.82, 2.24) is 23.7 Å². The molecule has 3 aromatic carbocycles. The molecule has 0 aliphatic heterocycles. The van der Waals surface area contributed by atoms with E-state index in [1.165, 1.54) is 16.2 Å². The smallest absolute Gasteiger partial charge is 0.329 e. The normalized spacial score (nSPS) is 12.6. The Morgan fingerprint density at radius 3 is 2.60 bits per heavy atom. The highest BCUT2D eigenvalue weighted by Crippen LogP contribution is 2.39. The van der Waals surface area contributed by atoms with Crippen molar-refractivity contribution in [1.29, 1.82) is 0 Å². The van der Waals surface area contributed by atoms with Crippen LogP contribution < -0.4 is 16.0 Å². The number of hydrogen-bond acceptors (Lipinski definition) is 8. The van der Waals surface area contributed by atoms with E-state index in [1.807, 2.05) is 66.7 Å². The number of aromatic amines is 1. The Hall–Kier alpha value is -4.75. The molecule has 0 radical (unpaired) electrons. The lowest BCUT2D eigenvalue weighted by Crippen LogP contribution is -2.30. The molecule has 0 aliphatic rings. The lowest BCUT2D eigenvalue weighted by molar-refractivity contribution is 0.0938. The van der Waals surface area contributed by atoms with E-state index in [0.29, 0.717) is 23.0 Å². The fraction of sp³-hybridized carbons (Fsp3) is 0.207. The van der Waals surface area contributed by atoms with E-state index in [1.54, 1.807) is 4.57 Å². The van der Waals surface area contributed by atoms with Crippen LogP contribution >= 0.6 is 15.9 Å². The molecule has 0 spiro atoms. The molecular weight excluding hydrogens is 606 g/mol. The first kappa shape index (κ1) is 27.4. The number of fused-ring (bicyclic) bond motifs is 3. The molecule has 0 amide bonds. The number of imidazole rings is 1. The highest BCUT2D eigenvalue weighted by Gasteiger charge is 2.21. The number of nitrogens with zero attached hydrogens (tertiary/aromatic N) is 6. The lowest BCUT2D eigenvalue weighted by Gasteiger charge is -2.14. The van der Waals surface area contributed by atoms with Gasteiger partial charge in [-0.2, -0.15) is 4.98 Å². The van der Waals surface area contributed by atoms with Crippen molar-refractivity contribution in [3.63, 3.8) is 0 Å². The van der Waals surface area contributed by atoms with Gasteiger partial charge in [-0.05, 0) is 29.0 Å². The summed E-state index contributed by atoms with van der Waals surface area (Å²) in [6.45, 7) is 0.289. The number of halogens is 1. The first-order valence-electron chi connectivity index (χ1n) is 13.1. The van der Waals surface area contributed by atoms with Crippen molar-refractivity contribution in [2.75, 3.05) is 11.9 Å². The number of aliphatic hydroxyl groups is 1. The molecule has 0 saturated carbocycles. The summed E-state index contributed by atoms with van der Waals surface area (Å²) in [4.78, 5) is 31.8. The molecule has 6 rings (SSSR count). The molecule has 6 aromatic rings. The highest BCUT2D eigenvalue weighted by molar-refractivity contribution is 9.09. The van der Waals surface area contributed by atoms with Gasteiger partial charge < -0.3 is 19.5 Å². The number of H-pyrrole nitrogens is 1. The molecule has 0 unspecified atom stereocenters. The molecule has 3 aromatic heterocycles. The largest absolute Gasteiger partial charge is 0.493 e. The zero-order valence-corrected chi connectivity index (χ0v) is 24.0. The Morgan fingerprint density at radius 2 is 1.79 bits per heavy atom. The Kier molecular flexibility index (Phi) is 7.35. The maximum atomic E-state index is 12.9. The van der Waals surface area contributed by atoms with Gasteiger partial charge in [-0.3, -0.25) is 18.9 Å². The van der Waals surface area contributed by atoms with Gasteiger partial charge in [0.2, 0.25) is 5.88 Å². The lowest BCUT2D eigenvalue weighted by atomic mass is 10.1. The van der Waals surface area contributed by atoms with Crippen molar-refractivity contribution in [2.24, 2.45) is 17.3 Å². The van der Waals surface area contributed by atoms with Crippen LogP contribution in [0.5, 0.6) is 11.6 Å². The van der Waals surface area contributed by atoms with Crippen LogP contribution in [0.3, 0.4) is 0 Å². The molecule has 13 heteroatoms. The van der Waals surface area contributed by atoms with Gasteiger partial charge in [0.15, 0.2) is 16.9 Å². The zero-order valence-electron chi connectivity index (χ0n) is 22.4. The molecule has 0 bridgehead atoms. The summed E-state index contributed by atoms with van der Waals surface area (Å²) in [6, 6.07) is 20.9. The molecule has 42 heavy (non-hydrogen) atoms. The summed E-state index contributed by atoms with van der Waals surface area (Å²) >= 11 is 3.41. The van der Waals surface area contributed by atoms with Crippen LogP contribution in [0.2, 0.25) is 0 Å². The van der Waals surface area contributed by atoms with Crippen molar-refractivity contribution >= 4 is 60.4 Å². The van der Waals surface area contributed by atoms with E-state index in [-0.39, 0.29) is 41.8 Å². The first-order valence-corrected chi connectivity index (χ1v) is 14.2. The third-order valence-corrected chi connectivity index (χ3v) is 7.36. The first-order chi connectivity index (χ1) is 20.4. The van der Waals surface area contributed by atoms with Crippen molar-refractivity contribution in [2.45, 2.75) is 19.2 Å². The van der Waals surface area contributed by atoms with Crippen LogP contribution in [0.4, 0.5) is 11.6 Å². The number of rotatable bonds is 9. The number of para-hydroxylation sites is 1. The highest BCUT2D eigenvalue weighted by atomic mass is 79.9. The number of benzene rings is 3. The number of ether oxygens (including phenoxy) is 1.